The van der Waals surface area contributed by atoms with E-state index in [1.165, 1.54) is 0 Å². The van der Waals surface area contributed by atoms with Gasteiger partial charge in [-0.2, -0.15) is 0 Å². The molecule has 0 unspecified atom stereocenters. The molecule has 0 saturated heterocycles. The van der Waals surface area contributed by atoms with Gasteiger partial charge in [-0.3, -0.25) is 4.79 Å². The van der Waals surface area contributed by atoms with E-state index in [-0.39, 0.29) is 11.9 Å². The molecule has 0 aromatic carbocycles. The smallest absolute Gasteiger partial charge is 0.308 e. The van der Waals surface area contributed by atoms with Crippen LogP contribution in [0.3, 0.4) is 0 Å². The fraction of sp³-hybridized carbons (Fsp3) is 0.769. The van der Waals surface area contributed by atoms with Crippen molar-refractivity contribution in [1.29, 1.82) is 0 Å². The number of ether oxygens (including phenoxy) is 1. The first-order valence-corrected chi connectivity index (χ1v) is 9.98. The first-order chi connectivity index (χ1) is 10.1. The number of rotatable bonds is 6. The van der Waals surface area contributed by atoms with Crippen molar-refractivity contribution in [2.45, 2.75) is 46.9 Å². The van der Waals surface area contributed by atoms with Gasteiger partial charge >= 0.3 is 5.97 Å². The van der Waals surface area contributed by atoms with E-state index in [0.29, 0.717) is 38.0 Å². The maximum atomic E-state index is 11.7. The Morgan fingerprint density at radius 3 is 2.67 bits per heavy atom. The van der Waals surface area contributed by atoms with E-state index in [9.17, 15) is 9.90 Å². The number of aromatic nitrogens is 2. The third-order valence-electron chi connectivity index (χ3n) is 3.56. The van der Waals surface area contributed by atoms with Crippen molar-refractivity contribution in [3.63, 3.8) is 0 Å². The quantitative estimate of drug-likeness (QED) is 0.626. The Balaban J connectivity index is 1.80. The molecule has 0 amide bonds. The molecule has 1 aliphatic rings. The number of nitrogens with zero attached hydrogens (tertiary/aromatic N) is 2. The summed E-state index contributed by atoms with van der Waals surface area (Å²) in [6, 6.07) is 0. The van der Waals surface area contributed by atoms with Crippen LogP contribution in [0.25, 0.3) is 0 Å². The highest BCUT2D eigenvalue weighted by Gasteiger charge is 2.36. The average molecular weight is 349 g/mol. The number of esters is 1. The van der Waals surface area contributed by atoms with Crippen molar-refractivity contribution < 1.29 is 14.6 Å². The molecule has 0 aliphatic heterocycles. The van der Waals surface area contributed by atoms with Crippen LogP contribution >= 0.6 is 34.9 Å². The second-order valence-corrected chi connectivity index (χ2v) is 8.33. The van der Waals surface area contributed by atoms with E-state index in [2.05, 4.69) is 10.2 Å². The Hall–Kier alpha value is -0.310. The van der Waals surface area contributed by atoms with E-state index in [4.69, 9.17) is 4.74 Å². The first kappa shape index (κ1) is 17.1. The van der Waals surface area contributed by atoms with E-state index >= 15 is 0 Å². The molecule has 1 heterocycles. The van der Waals surface area contributed by atoms with Crippen molar-refractivity contribution >= 4 is 40.8 Å². The Kier molecular flexibility index (Phi) is 6.34. The van der Waals surface area contributed by atoms with Crippen molar-refractivity contribution in [1.82, 2.24) is 10.2 Å². The summed E-state index contributed by atoms with van der Waals surface area (Å²) in [4.78, 5) is 11.7. The Bertz CT molecular complexity index is 473. The highest BCUT2D eigenvalue weighted by molar-refractivity contribution is 8.03. The lowest BCUT2D eigenvalue weighted by molar-refractivity contribution is -0.150. The Morgan fingerprint density at radius 1 is 1.43 bits per heavy atom. The van der Waals surface area contributed by atoms with Gasteiger partial charge in [-0.1, -0.05) is 34.9 Å². The van der Waals surface area contributed by atoms with Crippen LogP contribution in [0.1, 0.15) is 32.6 Å². The molecule has 1 N–H and O–H groups in total. The molecule has 1 saturated carbocycles. The molecule has 0 bridgehead atoms. The van der Waals surface area contributed by atoms with Crippen LogP contribution in [0.15, 0.2) is 8.68 Å². The zero-order valence-corrected chi connectivity index (χ0v) is 14.7. The van der Waals surface area contributed by atoms with Crippen LogP contribution in [0.4, 0.5) is 0 Å². The van der Waals surface area contributed by atoms with E-state index < -0.39 is 5.60 Å². The van der Waals surface area contributed by atoms with Crippen LogP contribution < -0.4 is 0 Å². The van der Waals surface area contributed by atoms with E-state index in [1.807, 2.05) is 13.2 Å². The lowest BCUT2D eigenvalue weighted by atomic mass is 9.80. The van der Waals surface area contributed by atoms with Gasteiger partial charge in [0.25, 0.3) is 0 Å². The van der Waals surface area contributed by atoms with Gasteiger partial charge in [0.05, 0.1) is 18.1 Å². The number of aliphatic hydroxyl groups is 1. The zero-order valence-electron chi connectivity index (χ0n) is 12.2. The summed E-state index contributed by atoms with van der Waals surface area (Å²) in [6.45, 7) is 2.24. The van der Waals surface area contributed by atoms with Gasteiger partial charge in [-0.05, 0) is 38.9 Å². The van der Waals surface area contributed by atoms with Crippen LogP contribution in [-0.2, 0) is 9.53 Å². The van der Waals surface area contributed by atoms with Gasteiger partial charge in [0.1, 0.15) is 0 Å². The van der Waals surface area contributed by atoms with Gasteiger partial charge in [0.2, 0.25) is 0 Å². The Labute approximate surface area is 137 Å². The molecule has 21 heavy (non-hydrogen) atoms. The molecule has 1 fully saturated rings. The molecule has 2 rings (SSSR count). The fourth-order valence-electron chi connectivity index (χ4n) is 2.33. The largest absolute Gasteiger partial charge is 0.466 e. The number of carbonyl (C=O) groups excluding carboxylic acids is 1. The monoisotopic (exact) mass is 348 g/mol. The lowest BCUT2D eigenvalue weighted by Gasteiger charge is -2.34. The fourth-order valence-corrected chi connectivity index (χ4v) is 4.92. The molecular weight excluding hydrogens is 328 g/mol. The standard InChI is InChI=1S/C13H20N2O3S3/c1-3-18-10(16)9-4-6-13(17,7-5-9)8-20-12-15-14-11(19-2)21-12/h9,17H,3-8H2,1-2H3. The van der Waals surface area contributed by atoms with Gasteiger partial charge in [-0.15, -0.1) is 10.2 Å². The molecule has 118 valence electrons. The number of carbonyl (C=O) groups is 1. The van der Waals surface area contributed by atoms with Gasteiger partial charge in [-0.25, -0.2) is 0 Å². The number of hydrogen-bond acceptors (Lipinski definition) is 8. The molecule has 1 aromatic heterocycles. The maximum Gasteiger partial charge on any atom is 0.308 e. The predicted octanol–water partition coefficient (Wildman–Crippen LogP) is 2.84. The van der Waals surface area contributed by atoms with Crippen LogP contribution in [-0.4, -0.2) is 45.5 Å². The van der Waals surface area contributed by atoms with Crippen molar-refractivity contribution in [3.05, 3.63) is 0 Å². The highest BCUT2D eigenvalue weighted by atomic mass is 32.2. The van der Waals surface area contributed by atoms with Crippen molar-refractivity contribution in [3.8, 4) is 0 Å². The average Bonchev–Trinajstić information content (AvgIpc) is 2.94. The second-order valence-electron chi connectivity index (χ2n) is 5.08. The SMILES string of the molecule is CCOC(=O)C1CCC(O)(CSc2nnc(SC)s2)CC1. The molecule has 0 atom stereocenters. The molecule has 5 nitrogen and oxygen atoms in total. The van der Waals surface area contributed by atoms with Crippen molar-refractivity contribution in [2.75, 3.05) is 18.6 Å². The van der Waals surface area contributed by atoms with Crippen molar-refractivity contribution in [2.24, 2.45) is 5.92 Å². The first-order valence-electron chi connectivity index (χ1n) is 6.95. The maximum absolute atomic E-state index is 11.7. The van der Waals surface area contributed by atoms with Gasteiger partial charge < -0.3 is 9.84 Å². The molecular formula is C13H20N2O3S3. The number of hydrogen-bond donors (Lipinski definition) is 1. The summed E-state index contributed by atoms with van der Waals surface area (Å²) in [5.41, 5.74) is -0.709. The summed E-state index contributed by atoms with van der Waals surface area (Å²) in [5.74, 6) is 0.423. The minimum absolute atomic E-state index is 0.0557. The molecule has 0 spiro atoms. The summed E-state index contributed by atoms with van der Waals surface area (Å²) < 4.78 is 6.88. The summed E-state index contributed by atoms with van der Waals surface area (Å²) in [7, 11) is 0. The van der Waals surface area contributed by atoms with Crippen LogP contribution in [0.2, 0.25) is 0 Å². The Morgan fingerprint density at radius 2 is 2.10 bits per heavy atom. The van der Waals surface area contributed by atoms with Gasteiger partial charge in [0, 0.05) is 5.75 Å². The predicted molar refractivity (Wildman–Crippen MR) is 86.0 cm³/mol. The number of thioether (sulfide) groups is 2. The molecule has 1 aliphatic carbocycles. The van der Waals surface area contributed by atoms with Crippen LogP contribution in [0, 0.1) is 5.92 Å². The third-order valence-corrected chi connectivity index (χ3v) is 6.87. The molecule has 8 heteroatoms. The lowest BCUT2D eigenvalue weighted by Crippen LogP contribution is -2.38. The molecule has 1 aromatic rings. The van der Waals surface area contributed by atoms with Crippen LogP contribution in [0.5, 0.6) is 0 Å². The zero-order chi connectivity index (χ0) is 15.3. The topological polar surface area (TPSA) is 72.3 Å². The summed E-state index contributed by atoms with van der Waals surface area (Å²) in [5, 5.41) is 18.7. The summed E-state index contributed by atoms with van der Waals surface area (Å²) >= 11 is 4.67. The summed E-state index contributed by atoms with van der Waals surface area (Å²) in [6.07, 6.45) is 4.64. The van der Waals surface area contributed by atoms with Gasteiger partial charge in [0.15, 0.2) is 8.68 Å². The minimum atomic E-state index is -0.709. The third kappa shape index (κ3) is 4.84. The van der Waals surface area contributed by atoms with E-state index in [1.54, 1.807) is 34.9 Å². The highest BCUT2D eigenvalue weighted by Crippen LogP contribution is 2.37. The normalized spacial score (nSPS) is 25.8. The van der Waals surface area contributed by atoms with E-state index in [0.717, 1.165) is 8.68 Å². The molecule has 0 radical (unpaired) electrons. The minimum Gasteiger partial charge on any atom is -0.466 e. The second kappa shape index (κ2) is 7.80.